The van der Waals surface area contributed by atoms with Gasteiger partial charge in [-0.2, -0.15) is 0 Å². The molecule has 0 saturated carbocycles. The Kier molecular flexibility index (Phi) is 5.79. The number of thiocarbonyl (C=S) groups is 1. The number of fused-ring (bicyclic) bond motifs is 1. The van der Waals surface area contributed by atoms with Crippen LogP contribution in [0.4, 0.5) is 18.9 Å². The number of hydrogen-bond donors (Lipinski definition) is 3. The molecule has 1 aromatic heterocycles. The fourth-order valence-corrected chi connectivity index (χ4v) is 3.25. The number of hydrogen-bond acceptors (Lipinski definition) is 2. The molecular formula is C20H20F3N3OS. The van der Waals surface area contributed by atoms with Gasteiger partial charge in [0.05, 0.1) is 0 Å². The van der Waals surface area contributed by atoms with Crippen LogP contribution in [0.15, 0.2) is 42.5 Å². The number of aromatic nitrogens is 1. The SMILES string of the molecule is Cc1ccc2[nH]c(C)c(CCNC(=S)Nc3ccc(OC(F)(F)F)cc3)c2c1. The van der Waals surface area contributed by atoms with Crippen LogP contribution in [-0.4, -0.2) is 23.0 Å². The monoisotopic (exact) mass is 407 g/mol. The number of aryl methyl sites for hydroxylation is 2. The maximum Gasteiger partial charge on any atom is 0.573 e. The standard InChI is InChI=1S/C20H20F3N3OS/c1-12-3-8-18-17(11-12)16(13(2)25-18)9-10-24-19(28)26-14-4-6-15(7-5-14)27-20(21,22)23/h3-8,11,25H,9-10H2,1-2H3,(H2,24,26,28). The van der Waals surface area contributed by atoms with Gasteiger partial charge in [0.25, 0.3) is 0 Å². The van der Waals surface area contributed by atoms with Crippen molar-refractivity contribution >= 4 is 33.9 Å². The Morgan fingerprint density at radius 1 is 1.11 bits per heavy atom. The minimum absolute atomic E-state index is 0.276. The number of rotatable bonds is 5. The summed E-state index contributed by atoms with van der Waals surface area (Å²) in [6.07, 6.45) is -3.92. The van der Waals surface area contributed by atoms with E-state index in [0.29, 0.717) is 17.3 Å². The Morgan fingerprint density at radius 3 is 2.50 bits per heavy atom. The maximum absolute atomic E-state index is 12.2. The van der Waals surface area contributed by atoms with Crippen molar-refractivity contribution in [1.29, 1.82) is 0 Å². The molecule has 3 N–H and O–H groups in total. The second-order valence-electron chi connectivity index (χ2n) is 6.48. The van der Waals surface area contributed by atoms with Gasteiger partial charge in [0.2, 0.25) is 0 Å². The topological polar surface area (TPSA) is 49.1 Å². The normalized spacial score (nSPS) is 11.5. The molecule has 0 amide bonds. The van der Waals surface area contributed by atoms with E-state index in [0.717, 1.165) is 17.6 Å². The van der Waals surface area contributed by atoms with Crippen LogP contribution in [0.1, 0.15) is 16.8 Å². The van der Waals surface area contributed by atoms with Crippen LogP contribution in [-0.2, 0) is 6.42 Å². The van der Waals surface area contributed by atoms with Crippen molar-refractivity contribution in [2.24, 2.45) is 0 Å². The zero-order valence-electron chi connectivity index (χ0n) is 15.4. The number of aromatic amines is 1. The van der Waals surface area contributed by atoms with E-state index in [1.807, 2.05) is 6.92 Å². The molecule has 4 nitrogen and oxygen atoms in total. The molecule has 8 heteroatoms. The maximum atomic E-state index is 12.2. The highest BCUT2D eigenvalue weighted by molar-refractivity contribution is 7.80. The minimum atomic E-state index is -4.70. The van der Waals surface area contributed by atoms with Crippen LogP contribution in [0.5, 0.6) is 5.75 Å². The van der Waals surface area contributed by atoms with Crippen molar-refractivity contribution in [1.82, 2.24) is 10.3 Å². The minimum Gasteiger partial charge on any atom is -0.406 e. The molecule has 2 aromatic carbocycles. The average Bonchev–Trinajstić information content (AvgIpc) is 2.90. The van der Waals surface area contributed by atoms with E-state index >= 15 is 0 Å². The van der Waals surface area contributed by atoms with Crippen LogP contribution in [0.2, 0.25) is 0 Å². The lowest BCUT2D eigenvalue weighted by atomic mass is 10.1. The molecule has 1 heterocycles. The second-order valence-corrected chi connectivity index (χ2v) is 6.89. The zero-order chi connectivity index (χ0) is 20.3. The van der Waals surface area contributed by atoms with Crippen molar-refractivity contribution in [3.05, 3.63) is 59.3 Å². The van der Waals surface area contributed by atoms with E-state index in [4.69, 9.17) is 12.2 Å². The summed E-state index contributed by atoms with van der Waals surface area (Å²) in [4.78, 5) is 3.39. The Morgan fingerprint density at radius 2 is 1.82 bits per heavy atom. The summed E-state index contributed by atoms with van der Waals surface area (Å²) in [5.41, 5.74) is 5.26. The van der Waals surface area contributed by atoms with Gasteiger partial charge in [-0.05, 0) is 74.4 Å². The van der Waals surface area contributed by atoms with Crippen LogP contribution in [0.3, 0.4) is 0 Å². The molecule has 0 saturated heterocycles. The first kappa shape index (κ1) is 20.0. The summed E-state index contributed by atoms with van der Waals surface area (Å²) >= 11 is 5.26. The van der Waals surface area contributed by atoms with Gasteiger partial charge in [-0.25, -0.2) is 0 Å². The Balaban J connectivity index is 1.54. The first-order chi connectivity index (χ1) is 13.2. The summed E-state index contributed by atoms with van der Waals surface area (Å²) < 4.78 is 40.4. The molecule has 148 valence electrons. The third-order valence-electron chi connectivity index (χ3n) is 4.28. The first-order valence-electron chi connectivity index (χ1n) is 8.70. The highest BCUT2D eigenvalue weighted by Crippen LogP contribution is 2.25. The Bertz CT molecular complexity index is 981. The van der Waals surface area contributed by atoms with Crippen molar-refractivity contribution in [2.75, 3.05) is 11.9 Å². The largest absolute Gasteiger partial charge is 0.573 e. The van der Waals surface area contributed by atoms with Gasteiger partial charge in [-0.3, -0.25) is 0 Å². The highest BCUT2D eigenvalue weighted by atomic mass is 32.1. The van der Waals surface area contributed by atoms with Crippen molar-refractivity contribution in [2.45, 2.75) is 26.6 Å². The highest BCUT2D eigenvalue weighted by Gasteiger charge is 2.30. The van der Waals surface area contributed by atoms with E-state index in [2.05, 4.69) is 45.5 Å². The average molecular weight is 407 g/mol. The van der Waals surface area contributed by atoms with Crippen molar-refractivity contribution < 1.29 is 17.9 Å². The molecule has 0 aliphatic carbocycles. The predicted octanol–water partition coefficient (Wildman–Crippen LogP) is 5.21. The Hall–Kier alpha value is -2.74. The number of alkyl halides is 3. The van der Waals surface area contributed by atoms with Crippen molar-refractivity contribution in [3.63, 3.8) is 0 Å². The van der Waals surface area contributed by atoms with Gasteiger partial charge in [0.1, 0.15) is 5.75 Å². The molecule has 0 unspecified atom stereocenters. The quantitative estimate of drug-likeness (QED) is 0.508. The van der Waals surface area contributed by atoms with E-state index in [1.165, 1.54) is 40.8 Å². The van der Waals surface area contributed by atoms with E-state index in [-0.39, 0.29) is 5.75 Å². The molecule has 0 aliphatic heterocycles. The van der Waals surface area contributed by atoms with Crippen LogP contribution >= 0.6 is 12.2 Å². The lowest BCUT2D eigenvalue weighted by molar-refractivity contribution is -0.274. The molecule has 0 bridgehead atoms. The molecule has 0 aliphatic rings. The molecule has 3 rings (SSSR count). The van der Waals surface area contributed by atoms with Crippen molar-refractivity contribution in [3.8, 4) is 5.75 Å². The summed E-state index contributed by atoms with van der Waals surface area (Å²) in [5.74, 6) is -0.276. The van der Waals surface area contributed by atoms with Gasteiger partial charge >= 0.3 is 6.36 Å². The smallest absolute Gasteiger partial charge is 0.406 e. The van der Waals surface area contributed by atoms with Gasteiger partial charge in [-0.15, -0.1) is 13.2 Å². The first-order valence-corrected chi connectivity index (χ1v) is 9.10. The van der Waals surface area contributed by atoms with E-state index in [9.17, 15) is 13.2 Å². The summed E-state index contributed by atoms with van der Waals surface area (Å²) in [6.45, 7) is 4.74. The third-order valence-corrected chi connectivity index (χ3v) is 4.53. The summed E-state index contributed by atoms with van der Waals surface area (Å²) in [5, 5.41) is 7.68. The number of anilines is 1. The van der Waals surface area contributed by atoms with Gasteiger partial charge in [0, 0.05) is 28.8 Å². The number of benzene rings is 2. The van der Waals surface area contributed by atoms with Crippen LogP contribution in [0.25, 0.3) is 10.9 Å². The number of H-pyrrole nitrogens is 1. The van der Waals surface area contributed by atoms with E-state index < -0.39 is 6.36 Å². The fraction of sp³-hybridized carbons (Fsp3) is 0.250. The van der Waals surface area contributed by atoms with Crippen LogP contribution in [0, 0.1) is 13.8 Å². The zero-order valence-corrected chi connectivity index (χ0v) is 16.2. The van der Waals surface area contributed by atoms with Gasteiger partial charge in [-0.1, -0.05) is 11.6 Å². The molecule has 3 aromatic rings. The lowest BCUT2D eigenvalue weighted by Gasteiger charge is -2.12. The number of nitrogens with one attached hydrogen (secondary N) is 3. The molecule has 0 atom stereocenters. The predicted molar refractivity (Wildman–Crippen MR) is 109 cm³/mol. The molecule has 0 spiro atoms. The lowest BCUT2D eigenvalue weighted by Crippen LogP contribution is -2.30. The molecule has 0 fully saturated rings. The molecule has 28 heavy (non-hydrogen) atoms. The number of halogens is 3. The summed E-state index contributed by atoms with van der Waals surface area (Å²) in [7, 11) is 0. The summed E-state index contributed by atoms with van der Waals surface area (Å²) in [6, 6.07) is 11.7. The fourth-order valence-electron chi connectivity index (χ4n) is 3.03. The molecule has 0 radical (unpaired) electrons. The Labute approximate surface area is 166 Å². The van der Waals surface area contributed by atoms with E-state index in [1.54, 1.807) is 0 Å². The third kappa shape index (κ3) is 5.16. The second kappa shape index (κ2) is 8.10. The van der Waals surface area contributed by atoms with Crippen LogP contribution < -0.4 is 15.4 Å². The van der Waals surface area contributed by atoms with Gasteiger partial charge in [0.15, 0.2) is 5.11 Å². The van der Waals surface area contributed by atoms with Gasteiger partial charge < -0.3 is 20.4 Å². The number of ether oxygens (including phenoxy) is 1. The molecular weight excluding hydrogens is 387 g/mol.